The highest BCUT2D eigenvalue weighted by atomic mass is 28.3. The van der Waals surface area contributed by atoms with Gasteiger partial charge in [0.25, 0.3) is 0 Å². The molecule has 0 N–H and O–H groups in total. The summed E-state index contributed by atoms with van der Waals surface area (Å²) in [7, 11) is 0.930. The van der Waals surface area contributed by atoms with Crippen LogP contribution in [0, 0.1) is 5.92 Å². The van der Waals surface area contributed by atoms with Crippen LogP contribution in [0.4, 0.5) is 0 Å². The van der Waals surface area contributed by atoms with Crippen molar-refractivity contribution >= 4 is 20.0 Å². The zero-order valence-electron chi connectivity index (χ0n) is 16.6. The molecule has 0 aromatic rings. The van der Waals surface area contributed by atoms with E-state index < -0.39 is 25.6 Å². The molecule has 0 amide bonds. The monoisotopic (exact) mass is 374 g/mol. The number of ether oxygens (including phenoxy) is 4. The Kier molecular flexibility index (Phi) is 11.6. The van der Waals surface area contributed by atoms with Gasteiger partial charge in [-0.2, -0.15) is 0 Å². The fourth-order valence-electron chi connectivity index (χ4n) is 2.48. The first-order chi connectivity index (χ1) is 11.7. The molecule has 0 aromatic carbocycles. The van der Waals surface area contributed by atoms with E-state index >= 15 is 0 Å². The highest BCUT2D eigenvalue weighted by Crippen LogP contribution is 2.35. The van der Waals surface area contributed by atoms with Crippen molar-refractivity contribution in [3.63, 3.8) is 0 Å². The molecule has 0 saturated carbocycles. The summed E-state index contributed by atoms with van der Waals surface area (Å²) in [4.78, 5) is 24.9. The molecule has 0 rings (SSSR count). The molecule has 0 spiro atoms. The zero-order valence-corrected chi connectivity index (χ0v) is 17.6. The lowest BCUT2D eigenvalue weighted by atomic mass is 10.2. The highest BCUT2D eigenvalue weighted by molar-refractivity contribution is 6.82. The Morgan fingerprint density at radius 1 is 0.960 bits per heavy atom. The number of hydrogen-bond acceptors (Lipinski definition) is 6. The molecule has 0 bridgehead atoms. The lowest BCUT2D eigenvalue weighted by molar-refractivity contribution is -0.147. The van der Waals surface area contributed by atoms with Crippen LogP contribution in [0.25, 0.3) is 0 Å². The van der Waals surface area contributed by atoms with Crippen LogP contribution in [0.3, 0.4) is 0 Å². The Bertz CT molecular complexity index is 433. The lowest BCUT2D eigenvalue weighted by Gasteiger charge is -2.32. The van der Waals surface area contributed by atoms with Gasteiger partial charge in [0.15, 0.2) is 0 Å². The van der Waals surface area contributed by atoms with Gasteiger partial charge in [-0.05, 0) is 5.92 Å². The van der Waals surface area contributed by atoms with E-state index in [1.54, 1.807) is 7.11 Å². The van der Waals surface area contributed by atoms with E-state index in [1.807, 2.05) is 0 Å². The van der Waals surface area contributed by atoms with Gasteiger partial charge in [-0.3, -0.25) is 4.79 Å². The van der Waals surface area contributed by atoms with Crippen molar-refractivity contribution < 1.29 is 28.5 Å². The number of methoxy groups -OCH3 is 2. The summed E-state index contributed by atoms with van der Waals surface area (Å²) in [5.74, 6) is -0.444. The average molecular weight is 375 g/mol. The van der Waals surface area contributed by atoms with Crippen LogP contribution >= 0.6 is 0 Å². The molecule has 7 heteroatoms. The van der Waals surface area contributed by atoms with Crippen LogP contribution in [-0.4, -0.2) is 60.7 Å². The quantitative estimate of drug-likeness (QED) is 0.214. The third kappa shape index (κ3) is 9.18. The van der Waals surface area contributed by atoms with Gasteiger partial charge in [0.2, 0.25) is 0 Å². The molecule has 0 aliphatic rings. The molecule has 0 aliphatic heterocycles. The summed E-state index contributed by atoms with van der Waals surface area (Å²) >= 11 is 0. The second kappa shape index (κ2) is 12.2. The standard InChI is InChI=1S/C18H34O6Si/c1-14(2)8-13-25(6,7)16(18(20)24-12-10-22-5)15(3)17(19)23-11-9-21-4/h14,16H,3,8-13H2,1-2,4-7H3. The predicted molar refractivity (Wildman–Crippen MR) is 100 cm³/mol. The highest BCUT2D eigenvalue weighted by Gasteiger charge is 2.42. The maximum absolute atomic E-state index is 12.6. The molecule has 6 nitrogen and oxygen atoms in total. The normalized spacial score (nSPS) is 12.8. The van der Waals surface area contributed by atoms with Gasteiger partial charge in [0.1, 0.15) is 13.2 Å². The van der Waals surface area contributed by atoms with E-state index in [2.05, 4.69) is 33.5 Å². The molecule has 0 aromatic heterocycles. The van der Waals surface area contributed by atoms with Crippen LogP contribution < -0.4 is 0 Å². The first-order valence-corrected chi connectivity index (χ1v) is 12.0. The topological polar surface area (TPSA) is 71.1 Å². The third-order valence-corrected chi connectivity index (χ3v) is 7.77. The number of carbonyl (C=O) groups is 2. The predicted octanol–water partition coefficient (Wildman–Crippen LogP) is 3.05. The zero-order chi connectivity index (χ0) is 19.5. The molecule has 25 heavy (non-hydrogen) atoms. The Balaban J connectivity index is 5.19. The van der Waals surface area contributed by atoms with Crippen molar-refractivity contribution in [1.29, 1.82) is 0 Å². The molecule has 1 unspecified atom stereocenters. The maximum atomic E-state index is 12.6. The van der Waals surface area contributed by atoms with Gasteiger partial charge in [0.05, 0.1) is 26.8 Å². The minimum Gasteiger partial charge on any atom is -0.463 e. The largest absolute Gasteiger partial charge is 0.463 e. The van der Waals surface area contributed by atoms with Crippen LogP contribution in [0.5, 0.6) is 0 Å². The van der Waals surface area contributed by atoms with Gasteiger partial charge in [-0.25, -0.2) is 4.79 Å². The fraction of sp³-hybridized carbons (Fsp3) is 0.778. The Labute approximate surface area is 152 Å². The first-order valence-electron chi connectivity index (χ1n) is 8.67. The molecule has 0 fully saturated rings. The summed E-state index contributed by atoms with van der Waals surface area (Å²) < 4.78 is 20.3. The molecule has 0 aliphatic carbocycles. The van der Waals surface area contributed by atoms with E-state index in [0.29, 0.717) is 19.1 Å². The molecule has 146 valence electrons. The van der Waals surface area contributed by atoms with Crippen molar-refractivity contribution in [1.82, 2.24) is 0 Å². The molecule has 0 saturated heterocycles. The summed E-state index contributed by atoms with van der Waals surface area (Å²) in [6.07, 6.45) is 0.993. The van der Waals surface area contributed by atoms with E-state index in [1.165, 1.54) is 7.11 Å². The van der Waals surface area contributed by atoms with Crippen LogP contribution in [0.1, 0.15) is 20.3 Å². The lowest BCUT2D eigenvalue weighted by Crippen LogP contribution is -2.41. The smallest absolute Gasteiger partial charge is 0.334 e. The number of carbonyl (C=O) groups excluding carboxylic acids is 2. The van der Waals surface area contributed by atoms with Crippen molar-refractivity contribution in [3.8, 4) is 0 Å². The maximum Gasteiger partial charge on any atom is 0.334 e. The van der Waals surface area contributed by atoms with Crippen LogP contribution in [0.2, 0.25) is 24.7 Å². The minimum absolute atomic E-state index is 0.133. The van der Waals surface area contributed by atoms with Gasteiger partial charge >= 0.3 is 11.9 Å². The SMILES string of the molecule is C=C(C(=O)OCCOC)C(C(=O)OCCOC)[Si](C)(C)CCC(C)C. The first kappa shape index (κ1) is 23.8. The molecule has 1 atom stereocenters. The second-order valence-corrected chi connectivity index (χ2v) is 12.2. The van der Waals surface area contributed by atoms with E-state index in [9.17, 15) is 9.59 Å². The van der Waals surface area contributed by atoms with Gasteiger partial charge < -0.3 is 18.9 Å². The van der Waals surface area contributed by atoms with Gasteiger partial charge in [-0.15, -0.1) is 0 Å². The third-order valence-electron chi connectivity index (χ3n) is 4.05. The van der Waals surface area contributed by atoms with Gasteiger partial charge in [0, 0.05) is 19.8 Å². The van der Waals surface area contributed by atoms with Crippen molar-refractivity contribution in [2.45, 2.75) is 44.9 Å². The van der Waals surface area contributed by atoms with Crippen molar-refractivity contribution in [3.05, 3.63) is 12.2 Å². The number of rotatable bonds is 13. The summed E-state index contributed by atoms with van der Waals surface area (Å²) in [6.45, 7) is 13.2. The second-order valence-electron chi connectivity index (χ2n) is 7.17. The van der Waals surface area contributed by atoms with Crippen molar-refractivity contribution in [2.75, 3.05) is 40.6 Å². The van der Waals surface area contributed by atoms with Crippen LogP contribution in [-0.2, 0) is 28.5 Å². The van der Waals surface area contributed by atoms with Gasteiger partial charge in [-0.1, -0.05) is 46.0 Å². The van der Waals surface area contributed by atoms with Crippen LogP contribution in [0.15, 0.2) is 12.2 Å². The van der Waals surface area contributed by atoms with E-state index in [4.69, 9.17) is 18.9 Å². The van der Waals surface area contributed by atoms with Crippen molar-refractivity contribution in [2.24, 2.45) is 5.92 Å². The van der Waals surface area contributed by atoms with E-state index in [0.717, 1.165) is 12.5 Å². The molecular weight excluding hydrogens is 340 g/mol. The van der Waals surface area contributed by atoms with E-state index in [-0.39, 0.29) is 18.8 Å². The summed E-state index contributed by atoms with van der Waals surface area (Å²) in [6, 6.07) is 0.902. The molecule has 0 radical (unpaired) electrons. The minimum atomic E-state index is -2.14. The number of hydrogen-bond donors (Lipinski definition) is 0. The Morgan fingerprint density at radius 2 is 1.48 bits per heavy atom. The Morgan fingerprint density at radius 3 is 1.96 bits per heavy atom. The summed E-state index contributed by atoms with van der Waals surface area (Å²) in [5, 5.41) is 0. The fourth-order valence-corrected chi connectivity index (χ4v) is 5.87. The molecular formula is C18H34O6Si. The molecule has 0 heterocycles. The Hall–Kier alpha value is -1.18. The average Bonchev–Trinajstić information content (AvgIpc) is 2.53. The summed E-state index contributed by atoms with van der Waals surface area (Å²) in [5.41, 5.74) is -0.447. The number of esters is 2.